The lowest BCUT2D eigenvalue weighted by Gasteiger charge is -2.20. The molecule has 0 aliphatic carbocycles. The topological polar surface area (TPSA) is 86.0 Å². The Labute approximate surface area is 137 Å². The molecule has 0 unspecified atom stereocenters. The Hall–Kier alpha value is -2.21. The SMILES string of the molecule is Cc1ccnc(NC[C@H](N)COc2cncc(C(C)(C)C)c2)n1. The molecule has 2 heterocycles. The number of nitrogens with two attached hydrogens (primary N) is 1. The third-order valence-corrected chi connectivity index (χ3v) is 3.36. The molecule has 0 aliphatic rings. The van der Waals surface area contributed by atoms with Gasteiger partial charge in [0.15, 0.2) is 0 Å². The van der Waals surface area contributed by atoms with Crippen LogP contribution in [-0.2, 0) is 5.41 Å². The fraction of sp³-hybridized carbons (Fsp3) is 0.471. The first-order valence-electron chi connectivity index (χ1n) is 7.72. The highest BCUT2D eigenvalue weighted by molar-refractivity contribution is 5.28. The van der Waals surface area contributed by atoms with Gasteiger partial charge < -0.3 is 15.8 Å². The van der Waals surface area contributed by atoms with Gasteiger partial charge in [-0.05, 0) is 30.0 Å². The first-order chi connectivity index (χ1) is 10.8. The standard InChI is InChI=1S/C17H25N5O/c1-12-5-6-20-16(22-12)21-9-14(18)11-23-15-7-13(8-19-10-15)17(2,3)4/h5-8,10,14H,9,11,18H2,1-4H3,(H,20,21,22)/t14-/m0/s1. The van der Waals surface area contributed by atoms with E-state index in [1.807, 2.05) is 25.3 Å². The number of hydrogen-bond acceptors (Lipinski definition) is 6. The molecule has 0 saturated carbocycles. The van der Waals surface area contributed by atoms with Gasteiger partial charge in [0.05, 0.1) is 12.2 Å². The first-order valence-corrected chi connectivity index (χ1v) is 7.72. The van der Waals surface area contributed by atoms with Crippen molar-refractivity contribution in [2.75, 3.05) is 18.5 Å². The largest absolute Gasteiger partial charge is 0.490 e. The minimum Gasteiger partial charge on any atom is -0.490 e. The fourth-order valence-electron chi connectivity index (χ4n) is 1.93. The van der Waals surface area contributed by atoms with Crippen molar-refractivity contribution >= 4 is 5.95 Å². The number of ether oxygens (including phenoxy) is 1. The van der Waals surface area contributed by atoms with Crippen LogP contribution in [0, 0.1) is 6.92 Å². The van der Waals surface area contributed by atoms with Crippen molar-refractivity contribution in [3.05, 3.63) is 42.0 Å². The van der Waals surface area contributed by atoms with Crippen LogP contribution < -0.4 is 15.8 Å². The fourth-order valence-corrected chi connectivity index (χ4v) is 1.93. The van der Waals surface area contributed by atoms with Gasteiger partial charge >= 0.3 is 0 Å². The Balaban J connectivity index is 1.83. The van der Waals surface area contributed by atoms with E-state index >= 15 is 0 Å². The molecule has 0 amide bonds. The molecule has 3 N–H and O–H groups in total. The van der Waals surface area contributed by atoms with E-state index in [-0.39, 0.29) is 11.5 Å². The summed E-state index contributed by atoms with van der Waals surface area (Å²) in [6.07, 6.45) is 5.29. The van der Waals surface area contributed by atoms with Gasteiger partial charge in [0, 0.05) is 24.6 Å². The monoisotopic (exact) mass is 315 g/mol. The summed E-state index contributed by atoms with van der Waals surface area (Å²) in [5.41, 5.74) is 8.16. The lowest BCUT2D eigenvalue weighted by molar-refractivity contribution is 0.291. The molecule has 6 nitrogen and oxygen atoms in total. The zero-order valence-electron chi connectivity index (χ0n) is 14.2. The van der Waals surface area contributed by atoms with Crippen LogP contribution in [0.3, 0.4) is 0 Å². The van der Waals surface area contributed by atoms with Crippen molar-refractivity contribution in [1.82, 2.24) is 15.0 Å². The predicted molar refractivity (Wildman–Crippen MR) is 91.7 cm³/mol. The number of rotatable bonds is 6. The van der Waals surface area contributed by atoms with Gasteiger partial charge in [0.2, 0.25) is 5.95 Å². The molecule has 0 aliphatic heterocycles. The van der Waals surface area contributed by atoms with E-state index in [0.717, 1.165) is 17.0 Å². The predicted octanol–water partition coefficient (Wildman–Crippen LogP) is 2.30. The summed E-state index contributed by atoms with van der Waals surface area (Å²) in [6.45, 7) is 9.29. The number of nitrogens with one attached hydrogen (secondary N) is 1. The van der Waals surface area contributed by atoms with E-state index in [1.165, 1.54) is 0 Å². The molecule has 2 aromatic rings. The molecular formula is C17H25N5O. The molecule has 0 bridgehead atoms. The summed E-state index contributed by atoms with van der Waals surface area (Å²) in [6, 6.07) is 3.69. The van der Waals surface area contributed by atoms with E-state index in [2.05, 4.69) is 41.0 Å². The highest BCUT2D eigenvalue weighted by Gasteiger charge is 2.15. The number of nitrogens with zero attached hydrogens (tertiary/aromatic N) is 3. The van der Waals surface area contributed by atoms with Crippen LogP contribution >= 0.6 is 0 Å². The Kier molecular flexibility index (Phi) is 5.50. The highest BCUT2D eigenvalue weighted by atomic mass is 16.5. The summed E-state index contributed by atoms with van der Waals surface area (Å²) in [4.78, 5) is 12.6. The van der Waals surface area contributed by atoms with Crippen LogP contribution in [0.25, 0.3) is 0 Å². The van der Waals surface area contributed by atoms with E-state index in [1.54, 1.807) is 12.4 Å². The molecule has 124 valence electrons. The second-order valence-corrected chi connectivity index (χ2v) is 6.63. The van der Waals surface area contributed by atoms with Crippen LogP contribution in [0.15, 0.2) is 30.7 Å². The Morgan fingerprint density at radius 2 is 2.09 bits per heavy atom. The molecule has 0 radical (unpaired) electrons. The van der Waals surface area contributed by atoms with Gasteiger partial charge in [-0.15, -0.1) is 0 Å². The number of hydrogen-bond donors (Lipinski definition) is 2. The molecule has 0 spiro atoms. The maximum absolute atomic E-state index is 6.07. The molecule has 1 atom stereocenters. The van der Waals surface area contributed by atoms with Crippen LogP contribution in [0.2, 0.25) is 0 Å². The Bertz CT molecular complexity index is 639. The third kappa shape index (κ3) is 5.49. The number of pyridine rings is 1. The molecule has 0 aromatic carbocycles. The van der Waals surface area contributed by atoms with Crippen molar-refractivity contribution in [2.45, 2.75) is 39.2 Å². The minimum absolute atomic E-state index is 0.0402. The molecule has 0 saturated heterocycles. The Morgan fingerprint density at radius 3 is 2.78 bits per heavy atom. The summed E-state index contributed by atoms with van der Waals surface area (Å²) in [5, 5.41) is 3.11. The lowest BCUT2D eigenvalue weighted by atomic mass is 9.88. The zero-order chi connectivity index (χ0) is 16.9. The smallest absolute Gasteiger partial charge is 0.222 e. The molecule has 0 fully saturated rings. The van der Waals surface area contributed by atoms with Crippen LogP contribution in [0.4, 0.5) is 5.95 Å². The maximum atomic E-state index is 6.07. The average molecular weight is 315 g/mol. The van der Waals surface area contributed by atoms with Gasteiger partial charge in [-0.25, -0.2) is 9.97 Å². The van der Waals surface area contributed by atoms with Crippen molar-refractivity contribution in [1.29, 1.82) is 0 Å². The molecule has 2 rings (SSSR count). The summed E-state index contributed by atoms with van der Waals surface area (Å²) >= 11 is 0. The van der Waals surface area contributed by atoms with Crippen molar-refractivity contribution in [3.8, 4) is 5.75 Å². The first kappa shape index (κ1) is 17.1. The van der Waals surface area contributed by atoms with Crippen molar-refractivity contribution in [3.63, 3.8) is 0 Å². The molecular weight excluding hydrogens is 290 g/mol. The van der Waals surface area contributed by atoms with Gasteiger partial charge in [-0.1, -0.05) is 20.8 Å². The second kappa shape index (κ2) is 7.37. The third-order valence-electron chi connectivity index (χ3n) is 3.36. The molecule has 23 heavy (non-hydrogen) atoms. The zero-order valence-corrected chi connectivity index (χ0v) is 14.2. The van der Waals surface area contributed by atoms with E-state index in [0.29, 0.717) is 19.1 Å². The number of aryl methyl sites for hydroxylation is 1. The van der Waals surface area contributed by atoms with Crippen LogP contribution in [-0.4, -0.2) is 34.1 Å². The van der Waals surface area contributed by atoms with Crippen LogP contribution in [0.5, 0.6) is 5.75 Å². The second-order valence-electron chi connectivity index (χ2n) is 6.63. The summed E-state index contributed by atoms with van der Waals surface area (Å²) < 4.78 is 5.75. The number of anilines is 1. The normalized spacial score (nSPS) is 12.7. The van der Waals surface area contributed by atoms with E-state index in [9.17, 15) is 0 Å². The van der Waals surface area contributed by atoms with Gasteiger partial charge in [0.25, 0.3) is 0 Å². The summed E-state index contributed by atoms with van der Waals surface area (Å²) in [5.74, 6) is 1.32. The summed E-state index contributed by atoms with van der Waals surface area (Å²) in [7, 11) is 0. The quantitative estimate of drug-likeness (QED) is 0.850. The molecule has 6 heteroatoms. The average Bonchev–Trinajstić information content (AvgIpc) is 2.50. The van der Waals surface area contributed by atoms with Gasteiger partial charge in [-0.3, -0.25) is 4.98 Å². The maximum Gasteiger partial charge on any atom is 0.222 e. The molecule has 2 aromatic heterocycles. The Morgan fingerprint density at radius 1 is 1.30 bits per heavy atom. The number of aromatic nitrogens is 3. The van der Waals surface area contributed by atoms with Crippen LogP contribution in [0.1, 0.15) is 32.0 Å². The van der Waals surface area contributed by atoms with E-state index < -0.39 is 0 Å². The lowest BCUT2D eigenvalue weighted by Crippen LogP contribution is -2.35. The van der Waals surface area contributed by atoms with E-state index in [4.69, 9.17) is 10.5 Å². The van der Waals surface area contributed by atoms with Gasteiger partial charge in [0.1, 0.15) is 12.4 Å². The highest BCUT2D eigenvalue weighted by Crippen LogP contribution is 2.24. The van der Waals surface area contributed by atoms with Crippen molar-refractivity contribution in [2.24, 2.45) is 5.73 Å². The minimum atomic E-state index is -0.169. The van der Waals surface area contributed by atoms with Gasteiger partial charge in [-0.2, -0.15) is 0 Å². The van der Waals surface area contributed by atoms with Crippen molar-refractivity contribution < 1.29 is 4.74 Å².